The second-order valence-electron chi connectivity index (χ2n) is 4.62. The molecule has 0 aromatic rings. The molecule has 10 heteroatoms. The van der Waals surface area contributed by atoms with E-state index < -0.39 is 56.3 Å². The first-order valence-corrected chi connectivity index (χ1v) is 5.37. The van der Waals surface area contributed by atoms with Gasteiger partial charge in [0.2, 0.25) is 0 Å². The highest BCUT2D eigenvalue weighted by Gasteiger charge is 2.71. The lowest BCUT2D eigenvalue weighted by Gasteiger charge is -2.28. The van der Waals surface area contributed by atoms with E-state index in [1.165, 1.54) is 0 Å². The Morgan fingerprint density at radius 3 is 1.45 bits per heavy atom. The first-order chi connectivity index (χ1) is 9.27. The third-order valence-corrected chi connectivity index (χ3v) is 3.96. The summed E-state index contributed by atoms with van der Waals surface area (Å²) in [6.07, 6.45) is -1.03. The van der Waals surface area contributed by atoms with Gasteiger partial charge in [-0.05, 0) is 0 Å². The number of nitrogens with two attached hydrogens (primary N) is 2. The summed E-state index contributed by atoms with van der Waals surface area (Å²) in [5, 5.41) is 40.6. The van der Waals surface area contributed by atoms with Gasteiger partial charge in [-0.15, -0.1) is 0 Å². The highest BCUT2D eigenvalue weighted by atomic mass is 16.6. The lowest BCUT2D eigenvalue weighted by atomic mass is 9.67. The first kappa shape index (κ1) is 13.3. The summed E-state index contributed by atoms with van der Waals surface area (Å²) in [6, 6.07) is 3.49. The van der Waals surface area contributed by atoms with Crippen molar-refractivity contribution in [1.82, 2.24) is 0 Å². The molecular weight excluding hydrogens is 268 g/mol. The van der Waals surface area contributed by atoms with Gasteiger partial charge in [-0.1, -0.05) is 0 Å². The molecule has 2 aliphatic rings. The zero-order valence-corrected chi connectivity index (χ0v) is 9.99. The van der Waals surface area contributed by atoms with Crippen molar-refractivity contribution in [3.05, 3.63) is 43.0 Å². The van der Waals surface area contributed by atoms with Gasteiger partial charge in [-0.25, -0.2) is 0 Å². The van der Waals surface area contributed by atoms with Crippen LogP contribution in [0, 0.1) is 53.7 Å². The third kappa shape index (κ3) is 1.15. The SMILES string of the molecule is N#C[C@@]12CC([N+](=O)[O-])=C(N)[C@@]1(C#N)CC([N+](=O)[O-])=C2N. The molecule has 4 N–H and O–H groups in total. The van der Waals surface area contributed by atoms with Gasteiger partial charge in [0, 0.05) is 0 Å². The molecule has 0 heterocycles. The molecule has 102 valence electrons. The summed E-state index contributed by atoms with van der Waals surface area (Å²) in [5.41, 5.74) is 5.79. The van der Waals surface area contributed by atoms with E-state index in [2.05, 4.69) is 0 Å². The minimum atomic E-state index is -1.85. The van der Waals surface area contributed by atoms with Crippen LogP contribution in [-0.4, -0.2) is 9.85 Å². The fourth-order valence-electron chi connectivity index (χ4n) is 2.85. The molecule has 10 nitrogen and oxygen atoms in total. The lowest BCUT2D eigenvalue weighted by molar-refractivity contribution is -0.431. The topological polar surface area (TPSA) is 186 Å². The van der Waals surface area contributed by atoms with Gasteiger partial charge >= 0.3 is 0 Å². The zero-order valence-electron chi connectivity index (χ0n) is 9.99. The number of nitriles is 2. The standard InChI is InChI=1S/C10H8N6O4/c11-3-9-1-5(15(17)18)7(13)10(9,4-12)2-6(8(9)14)16(19)20/h1-2,13-14H2/t9-,10+. The molecule has 0 saturated carbocycles. The highest BCUT2D eigenvalue weighted by molar-refractivity contribution is 5.52. The molecule has 0 aromatic carbocycles. The maximum Gasteiger partial charge on any atom is 0.268 e. The molecule has 0 bridgehead atoms. The fourth-order valence-corrected chi connectivity index (χ4v) is 2.85. The van der Waals surface area contributed by atoms with Gasteiger partial charge in [0.15, 0.2) is 0 Å². The minimum Gasteiger partial charge on any atom is -0.395 e. The van der Waals surface area contributed by atoms with Crippen molar-refractivity contribution in [1.29, 1.82) is 10.5 Å². The third-order valence-electron chi connectivity index (χ3n) is 3.96. The molecule has 0 fully saturated rings. The molecule has 20 heavy (non-hydrogen) atoms. The minimum absolute atomic E-state index is 0.425. The summed E-state index contributed by atoms with van der Waals surface area (Å²) in [7, 11) is 0. The quantitative estimate of drug-likeness (QED) is 0.508. The monoisotopic (exact) mass is 276 g/mol. The van der Waals surface area contributed by atoms with Crippen molar-refractivity contribution in [2.75, 3.05) is 0 Å². The summed E-state index contributed by atoms with van der Waals surface area (Å²) in [4.78, 5) is 20.3. The Morgan fingerprint density at radius 1 is 0.950 bits per heavy atom. The predicted octanol–water partition coefficient (Wildman–Crippen LogP) is -0.292. The number of allylic oxidation sites excluding steroid dienone is 4. The smallest absolute Gasteiger partial charge is 0.268 e. The van der Waals surface area contributed by atoms with E-state index >= 15 is 0 Å². The van der Waals surface area contributed by atoms with E-state index in [1.54, 1.807) is 12.1 Å². The van der Waals surface area contributed by atoms with Crippen LogP contribution in [0.3, 0.4) is 0 Å². The van der Waals surface area contributed by atoms with E-state index in [0.717, 1.165) is 0 Å². The molecule has 0 aromatic heterocycles. The van der Waals surface area contributed by atoms with Crippen LogP contribution in [0.5, 0.6) is 0 Å². The number of nitro groups is 2. The fraction of sp³-hybridized carbons (Fsp3) is 0.400. The molecule has 0 aliphatic heterocycles. The van der Waals surface area contributed by atoms with Gasteiger partial charge in [0.1, 0.15) is 22.2 Å². The van der Waals surface area contributed by atoms with Crippen LogP contribution in [0.1, 0.15) is 12.8 Å². The van der Waals surface area contributed by atoms with Gasteiger partial charge in [-0.3, -0.25) is 20.2 Å². The number of rotatable bonds is 2. The summed E-state index contributed by atoms with van der Waals surface area (Å²) in [5.74, 6) is 0. The van der Waals surface area contributed by atoms with E-state index in [9.17, 15) is 30.8 Å². The van der Waals surface area contributed by atoms with Gasteiger partial charge in [0.25, 0.3) is 11.4 Å². The number of fused-ring (bicyclic) bond motifs is 1. The van der Waals surface area contributed by atoms with Crippen LogP contribution in [0.25, 0.3) is 0 Å². The second-order valence-corrected chi connectivity index (χ2v) is 4.62. The molecule has 2 aliphatic carbocycles. The van der Waals surface area contributed by atoms with Crippen molar-refractivity contribution < 1.29 is 9.85 Å². The largest absolute Gasteiger partial charge is 0.395 e. The van der Waals surface area contributed by atoms with E-state index in [-0.39, 0.29) is 0 Å². The van der Waals surface area contributed by atoms with Crippen LogP contribution in [0.4, 0.5) is 0 Å². The van der Waals surface area contributed by atoms with Crippen molar-refractivity contribution in [3.63, 3.8) is 0 Å². The Kier molecular flexibility index (Phi) is 2.44. The number of hydrogen-bond donors (Lipinski definition) is 2. The van der Waals surface area contributed by atoms with Crippen molar-refractivity contribution in [2.24, 2.45) is 22.3 Å². The lowest BCUT2D eigenvalue weighted by Crippen LogP contribution is -2.39. The van der Waals surface area contributed by atoms with Crippen LogP contribution < -0.4 is 11.5 Å². The van der Waals surface area contributed by atoms with Crippen molar-refractivity contribution >= 4 is 0 Å². The van der Waals surface area contributed by atoms with Crippen LogP contribution in [-0.2, 0) is 0 Å². The maximum atomic E-state index is 10.9. The summed E-state index contributed by atoms with van der Waals surface area (Å²) in [6.45, 7) is 0. The Hall–Kier alpha value is -3.14. The molecule has 0 radical (unpaired) electrons. The summed E-state index contributed by atoms with van der Waals surface area (Å²) >= 11 is 0. The van der Waals surface area contributed by atoms with Crippen LogP contribution >= 0.6 is 0 Å². The normalized spacial score (nSPS) is 31.7. The molecule has 2 rings (SSSR count). The highest BCUT2D eigenvalue weighted by Crippen LogP contribution is 2.64. The Labute approximate surface area is 111 Å². The number of nitrogens with zero attached hydrogens (tertiary/aromatic N) is 4. The zero-order chi connectivity index (χ0) is 15.3. The molecule has 0 spiro atoms. The Morgan fingerprint density at radius 2 is 1.25 bits per heavy atom. The van der Waals surface area contributed by atoms with E-state index in [0.29, 0.717) is 0 Å². The van der Waals surface area contributed by atoms with Gasteiger partial charge in [-0.2, -0.15) is 10.5 Å². The molecule has 0 unspecified atom stereocenters. The van der Waals surface area contributed by atoms with Crippen molar-refractivity contribution in [3.8, 4) is 12.1 Å². The van der Waals surface area contributed by atoms with E-state index in [4.69, 9.17) is 11.5 Å². The predicted molar refractivity (Wildman–Crippen MR) is 61.7 cm³/mol. The maximum absolute atomic E-state index is 10.9. The molecule has 0 saturated heterocycles. The molecular formula is C10H8N6O4. The van der Waals surface area contributed by atoms with Crippen LogP contribution in [0.2, 0.25) is 0 Å². The van der Waals surface area contributed by atoms with E-state index in [1.807, 2.05) is 0 Å². The average Bonchev–Trinajstić information content (AvgIpc) is 2.80. The average molecular weight is 276 g/mol. The first-order valence-electron chi connectivity index (χ1n) is 5.37. The van der Waals surface area contributed by atoms with Gasteiger partial charge < -0.3 is 11.5 Å². The Bertz CT molecular complexity index is 636. The molecule has 2 atom stereocenters. The Balaban J connectivity index is 2.76. The van der Waals surface area contributed by atoms with Gasteiger partial charge in [0.05, 0.1) is 34.8 Å². The van der Waals surface area contributed by atoms with Crippen LogP contribution in [0.15, 0.2) is 22.8 Å². The summed E-state index contributed by atoms with van der Waals surface area (Å²) < 4.78 is 0. The number of hydrogen-bond acceptors (Lipinski definition) is 8. The second kappa shape index (κ2) is 3.68. The van der Waals surface area contributed by atoms with Crippen molar-refractivity contribution in [2.45, 2.75) is 12.8 Å². The molecule has 0 amide bonds.